The second-order valence-corrected chi connectivity index (χ2v) is 7.59. The van der Waals surface area contributed by atoms with Crippen molar-refractivity contribution in [2.75, 3.05) is 13.1 Å². The van der Waals surface area contributed by atoms with Gasteiger partial charge in [0.2, 0.25) is 0 Å². The second kappa shape index (κ2) is 6.46. The van der Waals surface area contributed by atoms with Gasteiger partial charge in [-0.1, -0.05) is 0 Å². The number of hydrogen-bond acceptors (Lipinski definition) is 4. The number of fused-ring (bicyclic) bond motifs is 2. The van der Waals surface area contributed by atoms with Crippen LogP contribution < -0.4 is 0 Å². The van der Waals surface area contributed by atoms with Crippen LogP contribution >= 0.6 is 0 Å². The van der Waals surface area contributed by atoms with E-state index in [1.807, 2.05) is 17.4 Å². The molecule has 0 radical (unpaired) electrons. The van der Waals surface area contributed by atoms with Gasteiger partial charge >= 0.3 is 0 Å². The minimum atomic E-state index is 0.713. The van der Waals surface area contributed by atoms with Gasteiger partial charge in [-0.15, -0.1) is 10.2 Å². The van der Waals surface area contributed by atoms with Crippen molar-refractivity contribution in [1.29, 1.82) is 0 Å². The molecule has 1 aliphatic heterocycles. The number of hydrogen-bond donors (Lipinski definition) is 0. The molecule has 0 amide bonds. The Bertz CT molecular complexity index is 1110. The Morgan fingerprint density at radius 1 is 1.00 bits per heavy atom. The number of rotatable bonds is 4. The van der Waals surface area contributed by atoms with Gasteiger partial charge in [-0.3, -0.25) is 4.40 Å². The topological polar surface area (TPSA) is 50.7 Å². The van der Waals surface area contributed by atoms with Crippen molar-refractivity contribution in [2.24, 2.45) is 0 Å². The largest absolute Gasteiger partial charge is 0.306 e. The fourth-order valence-electron chi connectivity index (χ4n) is 4.09. The summed E-state index contributed by atoms with van der Waals surface area (Å²) in [7, 11) is 0. The highest BCUT2D eigenvalue weighted by Gasteiger charge is 2.19. The SMILES string of the molecule is Cc1nnc2ccc(-c3ccc4nc(CCN5CCCC5C)cn4c3)cn12. The zero-order chi connectivity index (χ0) is 18.4. The van der Waals surface area contributed by atoms with E-state index in [1.54, 1.807) is 0 Å². The quantitative estimate of drug-likeness (QED) is 0.560. The van der Waals surface area contributed by atoms with Crippen molar-refractivity contribution in [3.05, 3.63) is 54.4 Å². The molecule has 6 nitrogen and oxygen atoms in total. The standard InChI is InChI=1S/C21H24N6/c1-15-4-3-10-25(15)11-9-19-14-26-12-17(5-7-20(26)22-19)18-6-8-21-24-23-16(2)27(21)13-18/h5-8,12-15H,3-4,9-11H2,1-2H3. The van der Waals surface area contributed by atoms with Crippen molar-refractivity contribution in [1.82, 2.24) is 28.9 Å². The van der Waals surface area contributed by atoms with E-state index in [0.717, 1.165) is 46.9 Å². The van der Waals surface area contributed by atoms with E-state index < -0.39 is 0 Å². The molecule has 4 aromatic rings. The predicted octanol–water partition coefficient (Wildman–Crippen LogP) is 3.38. The number of pyridine rings is 2. The molecule has 138 valence electrons. The highest BCUT2D eigenvalue weighted by molar-refractivity contribution is 5.65. The van der Waals surface area contributed by atoms with E-state index >= 15 is 0 Å². The molecule has 0 N–H and O–H groups in total. The van der Waals surface area contributed by atoms with Crippen LogP contribution in [0.2, 0.25) is 0 Å². The molecule has 0 bridgehead atoms. The molecular weight excluding hydrogens is 336 g/mol. The van der Waals surface area contributed by atoms with E-state index in [-0.39, 0.29) is 0 Å². The number of aromatic nitrogens is 5. The van der Waals surface area contributed by atoms with Crippen LogP contribution in [0.25, 0.3) is 22.4 Å². The van der Waals surface area contributed by atoms with E-state index in [9.17, 15) is 0 Å². The summed E-state index contributed by atoms with van der Waals surface area (Å²) in [6.07, 6.45) is 10.1. The zero-order valence-electron chi connectivity index (χ0n) is 15.8. The Kier molecular flexibility index (Phi) is 3.93. The van der Waals surface area contributed by atoms with Gasteiger partial charge in [0.1, 0.15) is 11.5 Å². The van der Waals surface area contributed by atoms with Crippen molar-refractivity contribution < 1.29 is 0 Å². The van der Waals surface area contributed by atoms with Crippen molar-refractivity contribution in [3.8, 4) is 11.1 Å². The Labute approximate surface area is 158 Å². The fourth-order valence-corrected chi connectivity index (χ4v) is 4.09. The van der Waals surface area contributed by atoms with Gasteiger partial charge in [-0.05, 0) is 68.6 Å². The molecule has 5 rings (SSSR count). The first-order chi connectivity index (χ1) is 13.2. The molecule has 1 saturated heterocycles. The van der Waals surface area contributed by atoms with Crippen LogP contribution in [0.1, 0.15) is 31.3 Å². The highest BCUT2D eigenvalue weighted by atomic mass is 15.2. The molecule has 27 heavy (non-hydrogen) atoms. The van der Waals surface area contributed by atoms with Crippen molar-refractivity contribution in [3.63, 3.8) is 0 Å². The lowest BCUT2D eigenvalue weighted by atomic mass is 10.1. The maximum atomic E-state index is 4.80. The average Bonchev–Trinajstić information content (AvgIpc) is 3.38. The first kappa shape index (κ1) is 16.4. The summed E-state index contributed by atoms with van der Waals surface area (Å²) in [6.45, 7) is 6.62. The third-order valence-corrected chi connectivity index (χ3v) is 5.75. The highest BCUT2D eigenvalue weighted by Crippen LogP contribution is 2.22. The van der Waals surface area contributed by atoms with Crippen LogP contribution in [0.15, 0.2) is 42.9 Å². The molecule has 4 aromatic heterocycles. The first-order valence-electron chi connectivity index (χ1n) is 9.71. The summed E-state index contributed by atoms with van der Waals surface area (Å²) >= 11 is 0. The lowest BCUT2D eigenvalue weighted by molar-refractivity contribution is 0.271. The Morgan fingerprint density at radius 2 is 1.81 bits per heavy atom. The molecule has 1 fully saturated rings. The van der Waals surface area contributed by atoms with E-state index in [0.29, 0.717) is 6.04 Å². The fraction of sp³-hybridized carbons (Fsp3) is 0.381. The molecule has 5 heterocycles. The summed E-state index contributed by atoms with van der Waals surface area (Å²) in [5, 5.41) is 8.29. The Balaban J connectivity index is 1.41. The summed E-state index contributed by atoms with van der Waals surface area (Å²) in [6, 6.07) is 9.05. The van der Waals surface area contributed by atoms with Gasteiger partial charge in [0.15, 0.2) is 5.65 Å². The van der Waals surface area contributed by atoms with Gasteiger partial charge in [0, 0.05) is 37.6 Å². The van der Waals surface area contributed by atoms with Crippen molar-refractivity contribution in [2.45, 2.75) is 39.2 Å². The summed E-state index contributed by atoms with van der Waals surface area (Å²) < 4.78 is 4.16. The molecule has 0 aliphatic carbocycles. The summed E-state index contributed by atoms with van der Waals surface area (Å²) in [5.74, 6) is 0.897. The lowest BCUT2D eigenvalue weighted by Crippen LogP contribution is -2.29. The molecule has 0 aromatic carbocycles. The van der Waals surface area contributed by atoms with Crippen LogP contribution in [-0.2, 0) is 6.42 Å². The van der Waals surface area contributed by atoms with Gasteiger partial charge in [-0.25, -0.2) is 4.98 Å². The summed E-state index contributed by atoms with van der Waals surface area (Å²) in [5.41, 5.74) is 5.35. The van der Waals surface area contributed by atoms with Gasteiger partial charge in [0.25, 0.3) is 0 Å². The second-order valence-electron chi connectivity index (χ2n) is 7.59. The Hall–Kier alpha value is -2.73. The Morgan fingerprint density at radius 3 is 2.63 bits per heavy atom. The monoisotopic (exact) mass is 360 g/mol. The molecule has 1 aliphatic rings. The lowest BCUT2D eigenvalue weighted by Gasteiger charge is -2.19. The maximum Gasteiger partial charge on any atom is 0.160 e. The molecule has 0 spiro atoms. The molecule has 6 heteroatoms. The molecule has 1 unspecified atom stereocenters. The smallest absolute Gasteiger partial charge is 0.160 e. The zero-order valence-corrected chi connectivity index (χ0v) is 15.8. The number of imidazole rings is 1. The van der Waals surface area contributed by atoms with Crippen LogP contribution in [0, 0.1) is 6.92 Å². The van der Waals surface area contributed by atoms with Crippen LogP contribution in [0.4, 0.5) is 0 Å². The number of aryl methyl sites for hydroxylation is 1. The maximum absolute atomic E-state index is 4.80. The van der Waals surface area contributed by atoms with E-state index in [1.165, 1.54) is 19.4 Å². The number of nitrogens with zero attached hydrogens (tertiary/aromatic N) is 6. The average molecular weight is 360 g/mol. The minimum absolute atomic E-state index is 0.713. The van der Waals surface area contributed by atoms with Gasteiger partial charge in [-0.2, -0.15) is 0 Å². The third kappa shape index (κ3) is 3.00. The van der Waals surface area contributed by atoms with Gasteiger partial charge < -0.3 is 9.30 Å². The molecule has 1 atom stereocenters. The van der Waals surface area contributed by atoms with Crippen LogP contribution in [-0.4, -0.2) is 48.0 Å². The number of likely N-dealkylation sites (tertiary alicyclic amines) is 1. The normalized spacial score (nSPS) is 18.1. The summed E-state index contributed by atoms with van der Waals surface area (Å²) in [4.78, 5) is 7.38. The van der Waals surface area contributed by atoms with E-state index in [2.05, 4.69) is 63.2 Å². The first-order valence-corrected chi connectivity index (χ1v) is 9.71. The molecular formula is C21H24N6. The van der Waals surface area contributed by atoms with Gasteiger partial charge in [0.05, 0.1) is 5.69 Å². The predicted molar refractivity (Wildman–Crippen MR) is 106 cm³/mol. The van der Waals surface area contributed by atoms with Crippen LogP contribution in [0.5, 0.6) is 0 Å². The minimum Gasteiger partial charge on any atom is -0.306 e. The van der Waals surface area contributed by atoms with Crippen LogP contribution in [0.3, 0.4) is 0 Å². The van der Waals surface area contributed by atoms with E-state index in [4.69, 9.17) is 4.98 Å². The molecule has 0 saturated carbocycles. The van der Waals surface area contributed by atoms with Crippen molar-refractivity contribution >= 4 is 11.3 Å². The third-order valence-electron chi connectivity index (χ3n) is 5.75.